The highest BCUT2D eigenvalue weighted by molar-refractivity contribution is 7.94. The average molecular weight is 500 g/mol. The van der Waals surface area contributed by atoms with E-state index >= 15 is 0 Å². The summed E-state index contributed by atoms with van der Waals surface area (Å²) in [5.74, 6) is 0.965. The Hall–Kier alpha value is -2.88. The lowest BCUT2D eigenvalue weighted by molar-refractivity contribution is -0.132. The van der Waals surface area contributed by atoms with Gasteiger partial charge < -0.3 is 9.64 Å². The first kappa shape index (κ1) is 24.3. The number of thiophene rings is 1. The van der Waals surface area contributed by atoms with Crippen LogP contribution in [0.3, 0.4) is 0 Å². The second-order valence-electron chi connectivity index (χ2n) is 8.23. The van der Waals surface area contributed by atoms with E-state index in [9.17, 15) is 13.2 Å². The molecule has 1 aliphatic heterocycles. The van der Waals surface area contributed by atoms with Crippen molar-refractivity contribution >= 4 is 33.0 Å². The Labute approximate surface area is 205 Å². The molecule has 0 aliphatic carbocycles. The first-order valence-electron chi connectivity index (χ1n) is 11.2. The van der Waals surface area contributed by atoms with Gasteiger partial charge >= 0.3 is 0 Å². The molecule has 1 aliphatic rings. The summed E-state index contributed by atoms with van der Waals surface area (Å²) < 4.78 is 32.7. The number of hydrogen-bond donors (Lipinski definition) is 1. The fraction of sp³-hybridized carbons (Fsp3) is 0.320. The Balaban J connectivity index is 1.22. The minimum absolute atomic E-state index is 0.0988. The zero-order chi connectivity index (χ0) is 24.0. The zero-order valence-electron chi connectivity index (χ0n) is 19.1. The van der Waals surface area contributed by atoms with Crippen LogP contribution in [-0.2, 0) is 27.7 Å². The first-order valence-corrected chi connectivity index (χ1v) is 13.6. The summed E-state index contributed by atoms with van der Waals surface area (Å²) in [5, 5.41) is 1.73. The molecular weight excluding hydrogens is 470 g/mol. The van der Waals surface area contributed by atoms with Crippen molar-refractivity contribution in [3.05, 3.63) is 77.2 Å². The van der Waals surface area contributed by atoms with Crippen molar-refractivity contribution < 1.29 is 17.9 Å². The fourth-order valence-electron chi connectivity index (χ4n) is 3.90. The molecule has 2 aromatic carbocycles. The molecule has 4 rings (SSSR count). The highest BCUT2D eigenvalue weighted by Crippen LogP contribution is 2.21. The van der Waals surface area contributed by atoms with Crippen LogP contribution in [0.4, 0.5) is 5.69 Å². The van der Waals surface area contributed by atoms with Crippen LogP contribution >= 0.6 is 11.3 Å². The van der Waals surface area contributed by atoms with Crippen LogP contribution in [0.5, 0.6) is 5.75 Å². The third-order valence-corrected chi connectivity index (χ3v) is 8.70. The highest BCUT2D eigenvalue weighted by atomic mass is 32.2. The van der Waals surface area contributed by atoms with Gasteiger partial charge in [-0.2, -0.15) is 0 Å². The molecule has 1 saturated heterocycles. The second-order valence-corrected chi connectivity index (χ2v) is 11.1. The lowest BCUT2D eigenvalue weighted by atomic mass is 10.1. The maximum atomic E-state index is 12.8. The van der Waals surface area contributed by atoms with Crippen LogP contribution in [0.1, 0.15) is 11.1 Å². The number of rotatable bonds is 9. The minimum Gasteiger partial charge on any atom is -0.497 e. The first-order chi connectivity index (χ1) is 16.4. The predicted octanol–water partition coefficient (Wildman–Crippen LogP) is 3.49. The normalized spacial score (nSPS) is 14.7. The van der Waals surface area contributed by atoms with Gasteiger partial charge in [0.2, 0.25) is 5.91 Å². The van der Waals surface area contributed by atoms with E-state index in [1.54, 1.807) is 48.9 Å². The van der Waals surface area contributed by atoms with Gasteiger partial charge in [-0.05, 0) is 53.3 Å². The third kappa shape index (κ3) is 6.37. The van der Waals surface area contributed by atoms with E-state index in [4.69, 9.17) is 4.74 Å². The molecule has 1 N–H and O–H groups in total. The Bertz CT molecular complexity index is 1170. The summed E-state index contributed by atoms with van der Waals surface area (Å²) in [6.45, 7) is 4.15. The second kappa shape index (κ2) is 11.0. The number of ether oxygens (including phenoxy) is 1. The molecule has 1 amide bonds. The van der Waals surface area contributed by atoms with Gasteiger partial charge in [0, 0.05) is 38.4 Å². The van der Waals surface area contributed by atoms with Gasteiger partial charge in [-0.1, -0.05) is 30.3 Å². The monoisotopic (exact) mass is 499 g/mol. The maximum absolute atomic E-state index is 12.8. The number of anilines is 1. The molecule has 2 heterocycles. The molecule has 9 heteroatoms. The van der Waals surface area contributed by atoms with Crippen molar-refractivity contribution in [3.63, 3.8) is 0 Å². The van der Waals surface area contributed by atoms with Gasteiger partial charge in [0.05, 0.1) is 13.5 Å². The largest absolute Gasteiger partial charge is 0.497 e. The number of carbonyl (C=O) groups is 1. The van der Waals surface area contributed by atoms with Crippen LogP contribution < -0.4 is 9.46 Å². The Morgan fingerprint density at radius 2 is 1.65 bits per heavy atom. The fourth-order valence-corrected chi connectivity index (χ4v) is 5.95. The number of benzene rings is 2. The number of amides is 1. The third-order valence-electron chi connectivity index (χ3n) is 5.92. The smallest absolute Gasteiger partial charge is 0.271 e. The van der Waals surface area contributed by atoms with E-state index in [2.05, 4.69) is 21.8 Å². The molecule has 1 aromatic heterocycles. The number of nitrogens with one attached hydrogen (secondary N) is 1. The summed E-state index contributed by atoms with van der Waals surface area (Å²) >= 11 is 1.17. The molecule has 0 spiro atoms. The Kier molecular flexibility index (Phi) is 7.87. The molecule has 0 bridgehead atoms. The minimum atomic E-state index is -3.57. The van der Waals surface area contributed by atoms with Crippen molar-refractivity contribution in [1.29, 1.82) is 0 Å². The van der Waals surface area contributed by atoms with Gasteiger partial charge in [-0.15, -0.1) is 11.3 Å². The molecule has 1 fully saturated rings. The molecule has 0 radical (unpaired) electrons. The molecule has 180 valence electrons. The van der Waals surface area contributed by atoms with Gasteiger partial charge in [-0.3, -0.25) is 14.4 Å². The predicted molar refractivity (Wildman–Crippen MR) is 135 cm³/mol. The van der Waals surface area contributed by atoms with Crippen molar-refractivity contribution in [2.75, 3.05) is 44.6 Å². The van der Waals surface area contributed by atoms with E-state index in [0.29, 0.717) is 12.1 Å². The van der Waals surface area contributed by atoms with E-state index in [1.807, 2.05) is 17.0 Å². The summed E-state index contributed by atoms with van der Waals surface area (Å²) in [6.07, 6.45) is 1.28. The van der Waals surface area contributed by atoms with Crippen LogP contribution in [-0.4, -0.2) is 64.0 Å². The lowest BCUT2D eigenvalue weighted by Gasteiger charge is -2.34. The topological polar surface area (TPSA) is 79.0 Å². The quantitative estimate of drug-likeness (QED) is 0.488. The van der Waals surface area contributed by atoms with Gasteiger partial charge in [0.1, 0.15) is 9.96 Å². The van der Waals surface area contributed by atoms with E-state index in [-0.39, 0.29) is 10.1 Å². The number of hydrogen-bond acceptors (Lipinski definition) is 6. The number of sulfonamides is 1. The summed E-state index contributed by atoms with van der Waals surface area (Å²) in [4.78, 5) is 17.1. The van der Waals surface area contributed by atoms with Crippen molar-refractivity contribution in [2.45, 2.75) is 17.1 Å². The average Bonchev–Trinajstić information content (AvgIpc) is 3.41. The van der Waals surface area contributed by atoms with Crippen molar-refractivity contribution in [3.8, 4) is 5.75 Å². The van der Waals surface area contributed by atoms with Crippen molar-refractivity contribution in [2.24, 2.45) is 0 Å². The molecule has 0 unspecified atom stereocenters. The zero-order valence-corrected chi connectivity index (χ0v) is 20.8. The van der Waals surface area contributed by atoms with E-state index in [1.165, 1.54) is 16.9 Å². The SMILES string of the molecule is COc1ccc(CCN2CCN(C(=O)Cc3ccc(NS(=O)(=O)c4cccs4)cc3)CC2)cc1. The van der Waals surface area contributed by atoms with E-state index in [0.717, 1.165) is 50.5 Å². The maximum Gasteiger partial charge on any atom is 0.271 e. The molecule has 7 nitrogen and oxygen atoms in total. The van der Waals surface area contributed by atoms with Gasteiger partial charge in [0.15, 0.2) is 0 Å². The van der Waals surface area contributed by atoms with E-state index < -0.39 is 10.0 Å². The summed E-state index contributed by atoms with van der Waals surface area (Å²) in [6, 6.07) is 18.4. The van der Waals surface area contributed by atoms with Gasteiger partial charge in [-0.25, -0.2) is 8.42 Å². The molecule has 0 saturated carbocycles. The standard InChI is InChI=1S/C25H29N3O4S2/c1-32-23-10-6-20(7-11-23)12-13-27-14-16-28(17-15-27)24(29)19-21-4-8-22(9-5-21)26-34(30,31)25-3-2-18-33-25/h2-11,18,26H,12-17,19H2,1H3. The Morgan fingerprint density at radius 1 is 0.971 bits per heavy atom. The van der Waals surface area contributed by atoms with Crippen LogP contribution in [0, 0.1) is 0 Å². The van der Waals surface area contributed by atoms with Crippen LogP contribution in [0.25, 0.3) is 0 Å². The summed E-state index contributed by atoms with van der Waals surface area (Å²) in [7, 11) is -1.90. The number of carbonyl (C=O) groups excluding carboxylic acids is 1. The number of nitrogens with zero attached hydrogens (tertiary/aromatic N) is 2. The Morgan fingerprint density at radius 3 is 2.26 bits per heavy atom. The molecular formula is C25H29N3O4S2. The number of methoxy groups -OCH3 is 1. The van der Waals surface area contributed by atoms with Crippen LogP contribution in [0.2, 0.25) is 0 Å². The van der Waals surface area contributed by atoms with Gasteiger partial charge in [0.25, 0.3) is 10.0 Å². The van der Waals surface area contributed by atoms with Crippen LogP contribution in [0.15, 0.2) is 70.3 Å². The molecule has 0 atom stereocenters. The summed E-state index contributed by atoms with van der Waals surface area (Å²) in [5.41, 5.74) is 2.63. The highest BCUT2D eigenvalue weighted by Gasteiger charge is 2.21. The van der Waals surface area contributed by atoms with Crippen molar-refractivity contribution in [1.82, 2.24) is 9.80 Å². The molecule has 3 aromatic rings. The lowest BCUT2D eigenvalue weighted by Crippen LogP contribution is -2.49. The number of piperazine rings is 1. The molecule has 34 heavy (non-hydrogen) atoms.